The Bertz CT molecular complexity index is 845. The van der Waals surface area contributed by atoms with Gasteiger partial charge in [-0.1, -0.05) is 32.1 Å². The van der Waals surface area contributed by atoms with Gasteiger partial charge >= 0.3 is 6.18 Å². The molecule has 0 bridgehead atoms. The van der Waals surface area contributed by atoms with E-state index in [1.807, 2.05) is 0 Å². The Morgan fingerprint density at radius 3 is 2.12 bits per heavy atom. The van der Waals surface area contributed by atoms with Crippen LogP contribution in [0.5, 0.6) is 0 Å². The van der Waals surface area contributed by atoms with E-state index in [0.29, 0.717) is 18.4 Å². The van der Waals surface area contributed by atoms with Crippen molar-refractivity contribution in [1.29, 1.82) is 0 Å². The first kappa shape index (κ1) is 27.4. The molecule has 0 amide bonds. The van der Waals surface area contributed by atoms with E-state index < -0.39 is 21.8 Å². The van der Waals surface area contributed by atoms with E-state index in [1.165, 1.54) is 37.0 Å². The van der Waals surface area contributed by atoms with E-state index in [-0.39, 0.29) is 11.0 Å². The van der Waals surface area contributed by atoms with Crippen molar-refractivity contribution in [3.8, 4) is 0 Å². The summed E-state index contributed by atoms with van der Waals surface area (Å²) in [6.07, 6.45) is 6.30. The molecule has 1 aliphatic carbocycles. The van der Waals surface area contributed by atoms with Crippen LogP contribution < -0.4 is 0 Å². The van der Waals surface area contributed by atoms with Crippen molar-refractivity contribution < 1.29 is 26.7 Å². The fourth-order valence-corrected chi connectivity index (χ4v) is 6.50. The third kappa shape index (κ3) is 7.93. The highest BCUT2D eigenvalue weighted by Gasteiger charge is 2.32. The molecule has 0 aromatic heterocycles. The van der Waals surface area contributed by atoms with E-state index in [9.17, 15) is 26.7 Å². The lowest BCUT2D eigenvalue weighted by molar-refractivity contribution is -0.137. The zero-order valence-electron chi connectivity index (χ0n) is 20.1. The first-order valence-corrected chi connectivity index (χ1v) is 14.0. The van der Waals surface area contributed by atoms with Crippen LogP contribution >= 0.6 is 0 Å². The number of aliphatic hydroxyl groups is 1. The van der Waals surface area contributed by atoms with Gasteiger partial charge in [-0.3, -0.25) is 0 Å². The van der Waals surface area contributed by atoms with Gasteiger partial charge in [0.1, 0.15) is 0 Å². The second-order valence-electron chi connectivity index (χ2n) is 10.1. The topological polar surface area (TPSA) is 60.9 Å². The molecule has 2 fully saturated rings. The molecule has 1 aliphatic heterocycles. The number of benzene rings is 1. The molecule has 1 aromatic carbocycles. The second-order valence-corrected chi connectivity index (χ2v) is 12.2. The summed E-state index contributed by atoms with van der Waals surface area (Å²) >= 11 is 0. The van der Waals surface area contributed by atoms with Crippen molar-refractivity contribution in [2.75, 3.05) is 33.2 Å². The molecule has 0 atom stereocenters. The number of sulfonamides is 1. The molecule has 9 heteroatoms. The minimum absolute atomic E-state index is 0.0996. The zero-order valence-corrected chi connectivity index (χ0v) is 21.0. The van der Waals surface area contributed by atoms with Crippen LogP contribution in [0.1, 0.15) is 69.8 Å². The Labute approximate surface area is 202 Å². The number of unbranched alkanes of at least 4 members (excludes halogenated alkanes) is 2. The van der Waals surface area contributed by atoms with Crippen LogP contribution in [-0.4, -0.2) is 62.1 Å². The van der Waals surface area contributed by atoms with Crippen LogP contribution in [0.4, 0.5) is 13.2 Å². The molecule has 1 saturated carbocycles. The normalized spacial score (nSPS) is 23.5. The highest BCUT2D eigenvalue weighted by Crippen LogP contribution is 2.34. The zero-order chi connectivity index (χ0) is 24.8. The van der Waals surface area contributed by atoms with Gasteiger partial charge in [-0.2, -0.15) is 13.2 Å². The number of likely N-dealkylation sites (tertiary alicyclic amines) is 1. The minimum Gasteiger partial charge on any atom is -0.393 e. The maximum atomic E-state index is 12.8. The molecule has 194 valence electrons. The summed E-state index contributed by atoms with van der Waals surface area (Å²) in [6.45, 7) is 3.54. The van der Waals surface area contributed by atoms with Crippen LogP contribution in [-0.2, 0) is 16.2 Å². The predicted octanol–water partition coefficient (Wildman–Crippen LogP) is 5.15. The van der Waals surface area contributed by atoms with Gasteiger partial charge in [0.05, 0.1) is 16.6 Å². The average Bonchev–Trinajstić information content (AvgIpc) is 2.80. The van der Waals surface area contributed by atoms with Gasteiger partial charge in [0.15, 0.2) is 0 Å². The number of hydrogen-bond donors (Lipinski definition) is 1. The quantitative estimate of drug-likeness (QED) is 0.448. The summed E-state index contributed by atoms with van der Waals surface area (Å²) in [5.41, 5.74) is -0.848. The first-order chi connectivity index (χ1) is 16.1. The lowest BCUT2D eigenvalue weighted by atomic mass is 9.80. The Kier molecular flexibility index (Phi) is 9.83. The van der Waals surface area contributed by atoms with Crippen LogP contribution in [0, 0.1) is 11.8 Å². The molecule has 0 radical (unpaired) electrons. The molecule has 0 unspecified atom stereocenters. The van der Waals surface area contributed by atoms with Gasteiger partial charge in [-0.25, -0.2) is 12.7 Å². The van der Waals surface area contributed by atoms with Crippen LogP contribution in [0.15, 0.2) is 29.2 Å². The number of piperidine rings is 1. The van der Waals surface area contributed by atoms with Gasteiger partial charge in [0.25, 0.3) is 0 Å². The summed E-state index contributed by atoms with van der Waals surface area (Å²) in [7, 11) is -2.28. The van der Waals surface area contributed by atoms with Gasteiger partial charge in [-0.05, 0) is 74.8 Å². The lowest BCUT2D eigenvalue weighted by Gasteiger charge is -2.31. The summed E-state index contributed by atoms with van der Waals surface area (Å²) in [5.74, 6) is 0.998. The summed E-state index contributed by atoms with van der Waals surface area (Å²) < 4.78 is 65.1. The molecular formula is C25H39F3N2O3S. The lowest BCUT2D eigenvalue weighted by Crippen LogP contribution is -2.36. The molecule has 1 saturated heterocycles. The van der Waals surface area contributed by atoms with E-state index in [1.54, 1.807) is 0 Å². The molecule has 1 heterocycles. The van der Waals surface area contributed by atoms with Crippen molar-refractivity contribution in [3.63, 3.8) is 0 Å². The standard InChI is InChI=1S/C25H39F3N2O3S/c1-29(34(32,33)24-12-10-22(11-13-24)25(26,27)28)19-21-8-6-20(7-9-21)5-3-2-4-16-30-17-14-23(31)15-18-30/h10-13,20-21,23,31H,2-9,14-19H2,1H3/t20-,21-. The van der Waals surface area contributed by atoms with Gasteiger partial charge in [-0.15, -0.1) is 0 Å². The minimum atomic E-state index is -4.48. The number of halogens is 3. The average molecular weight is 505 g/mol. The van der Waals surface area contributed by atoms with Crippen LogP contribution in [0.25, 0.3) is 0 Å². The Morgan fingerprint density at radius 1 is 0.941 bits per heavy atom. The maximum absolute atomic E-state index is 12.8. The Morgan fingerprint density at radius 2 is 1.53 bits per heavy atom. The highest BCUT2D eigenvalue weighted by atomic mass is 32.2. The molecule has 1 N–H and O–H groups in total. The van der Waals surface area contributed by atoms with Crippen molar-refractivity contribution in [1.82, 2.24) is 9.21 Å². The van der Waals surface area contributed by atoms with Crippen molar-refractivity contribution in [3.05, 3.63) is 29.8 Å². The van der Waals surface area contributed by atoms with Gasteiger partial charge < -0.3 is 10.0 Å². The van der Waals surface area contributed by atoms with Crippen LogP contribution in [0.3, 0.4) is 0 Å². The number of aliphatic hydroxyl groups excluding tert-OH is 1. The fourth-order valence-electron chi connectivity index (χ4n) is 5.25. The van der Waals surface area contributed by atoms with Crippen LogP contribution in [0.2, 0.25) is 0 Å². The van der Waals surface area contributed by atoms with Crippen molar-refractivity contribution >= 4 is 10.0 Å². The second kappa shape index (κ2) is 12.2. The third-order valence-corrected chi connectivity index (χ3v) is 9.35. The van der Waals surface area contributed by atoms with E-state index in [4.69, 9.17) is 0 Å². The molecular weight excluding hydrogens is 465 g/mol. The molecule has 2 aliphatic rings. The number of alkyl halides is 3. The number of nitrogens with zero attached hydrogens (tertiary/aromatic N) is 2. The van der Waals surface area contributed by atoms with E-state index >= 15 is 0 Å². The molecule has 5 nitrogen and oxygen atoms in total. The highest BCUT2D eigenvalue weighted by molar-refractivity contribution is 7.89. The molecule has 0 spiro atoms. The monoisotopic (exact) mass is 504 g/mol. The Hall–Kier alpha value is -1.16. The maximum Gasteiger partial charge on any atom is 0.416 e. The summed E-state index contributed by atoms with van der Waals surface area (Å²) in [4.78, 5) is 2.35. The molecule has 34 heavy (non-hydrogen) atoms. The molecule has 1 aromatic rings. The fraction of sp³-hybridized carbons (Fsp3) is 0.760. The molecule has 3 rings (SSSR count). The summed E-state index contributed by atoms with van der Waals surface area (Å²) in [5, 5.41) is 9.58. The first-order valence-electron chi connectivity index (χ1n) is 12.6. The third-order valence-electron chi connectivity index (χ3n) is 7.52. The predicted molar refractivity (Wildman–Crippen MR) is 127 cm³/mol. The summed E-state index contributed by atoms with van der Waals surface area (Å²) in [6, 6.07) is 3.73. The largest absolute Gasteiger partial charge is 0.416 e. The smallest absolute Gasteiger partial charge is 0.393 e. The SMILES string of the molecule is CN(C[C@H]1CC[C@H](CCCCCN2CCC(O)CC2)CC1)S(=O)(=O)c1ccc(C(F)(F)F)cc1. The van der Waals surface area contributed by atoms with E-state index in [0.717, 1.165) is 82.4 Å². The van der Waals surface area contributed by atoms with Gasteiger partial charge in [0, 0.05) is 26.7 Å². The number of hydrogen-bond acceptors (Lipinski definition) is 4. The van der Waals surface area contributed by atoms with Crippen molar-refractivity contribution in [2.24, 2.45) is 11.8 Å². The Balaban J connectivity index is 1.34. The van der Waals surface area contributed by atoms with E-state index in [2.05, 4.69) is 4.90 Å². The van der Waals surface area contributed by atoms with Crippen molar-refractivity contribution in [2.45, 2.75) is 81.4 Å². The number of rotatable bonds is 10. The van der Waals surface area contributed by atoms with Gasteiger partial charge in [0.2, 0.25) is 10.0 Å².